The van der Waals surface area contributed by atoms with E-state index in [4.69, 9.17) is 4.74 Å². The number of carbonyl (C=O) groups is 2. The molecule has 0 aliphatic carbocycles. The molecule has 1 aliphatic rings. The van der Waals surface area contributed by atoms with Crippen LogP contribution in [0.1, 0.15) is 33.6 Å². The SMILES string of the molecule is COc1c(C=O)ccc2nn(CC3CCN(C(=O)c4ccc(S(F)(P)P)cc4)CC3)cc12. The number of piperidine rings is 1. The van der Waals surface area contributed by atoms with Gasteiger partial charge in [0.15, 0.2) is 6.29 Å². The summed E-state index contributed by atoms with van der Waals surface area (Å²) in [7, 11) is 3.53. The molecule has 0 bridgehead atoms. The molecule has 0 radical (unpaired) electrons. The van der Waals surface area contributed by atoms with E-state index >= 15 is 0 Å². The van der Waals surface area contributed by atoms with Gasteiger partial charge in [0.25, 0.3) is 5.91 Å². The van der Waals surface area contributed by atoms with Crippen molar-refractivity contribution in [3.8, 4) is 5.75 Å². The largest absolute Gasteiger partial charge is 0.495 e. The molecule has 0 N–H and O–H groups in total. The van der Waals surface area contributed by atoms with E-state index in [-0.39, 0.29) is 5.91 Å². The standard InChI is InChI=1S/C22H26FN3O3P2S/c1-29-21-17(14-27)4-7-20-19(21)13-26(24-20)12-15-8-10-25(11-9-15)22(28)16-2-5-18(6-3-16)32(23,30)31/h2-7,13-15H,8-12,30-31H2,1H3. The first kappa shape index (κ1) is 23.2. The van der Waals surface area contributed by atoms with Crippen molar-refractivity contribution in [2.24, 2.45) is 5.92 Å². The van der Waals surface area contributed by atoms with Crippen molar-refractivity contribution in [1.82, 2.24) is 14.7 Å². The van der Waals surface area contributed by atoms with Crippen molar-refractivity contribution >= 4 is 49.6 Å². The van der Waals surface area contributed by atoms with E-state index in [2.05, 4.69) is 22.0 Å². The van der Waals surface area contributed by atoms with Gasteiger partial charge in [-0.1, -0.05) is 16.9 Å². The normalized spacial score (nSPS) is 15.7. The van der Waals surface area contributed by atoms with Crippen molar-refractivity contribution in [2.45, 2.75) is 24.3 Å². The highest BCUT2D eigenvalue weighted by Crippen LogP contribution is 2.70. The van der Waals surface area contributed by atoms with E-state index in [1.165, 1.54) is 0 Å². The Morgan fingerprint density at radius 3 is 2.50 bits per heavy atom. The van der Waals surface area contributed by atoms with Crippen LogP contribution in [0.5, 0.6) is 5.75 Å². The van der Waals surface area contributed by atoms with Gasteiger partial charge < -0.3 is 9.64 Å². The van der Waals surface area contributed by atoms with Gasteiger partial charge >= 0.3 is 0 Å². The van der Waals surface area contributed by atoms with E-state index in [0.717, 1.165) is 36.6 Å². The van der Waals surface area contributed by atoms with Crippen LogP contribution in [0.3, 0.4) is 0 Å². The number of amides is 1. The van der Waals surface area contributed by atoms with Gasteiger partial charge in [0, 0.05) is 36.3 Å². The Morgan fingerprint density at radius 1 is 1.22 bits per heavy atom. The van der Waals surface area contributed by atoms with Gasteiger partial charge in [0.05, 0.1) is 23.6 Å². The van der Waals surface area contributed by atoms with Crippen LogP contribution in [-0.2, 0) is 6.54 Å². The maximum atomic E-state index is 14.1. The Bertz CT molecular complexity index is 1140. The second-order valence-electron chi connectivity index (χ2n) is 7.98. The van der Waals surface area contributed by atoms with Crippen LogP contribution in [0.4, 0.5) is 3.89 Å². The Morgan fingerprint density at radius 2 is 1.91 bits per heavy atom. The number of methoxy groups -OCH3 is 1. The fourth-order valence-electron chi connectivity index (χ4n) is 4.12. The van der Waals surface area contributed by atoms with Gasteiger partial charge in [0.2, 0.25) is 0 Å². The Kier molecular flexibility index (Phi) is 6.85. The molecular weight excluding hydrogens is 467 g/mol. The topological polar surface area (TPSA) is 64.4 Å². The highest BCUT2D eigenvalue weighted by atomic mass is 33.1. The number of likely N-dealkylation sites (tertiary alicyclic amines) is 1. The Hall–Kier alpha value is -2.01. The average molecular weight is 493 g/mol. The number of fused-ring (bicyclic) bond motifs is 1. The highest BCUT2D eigenvalue weighted by Gasteiger charge is 2.25. The molecule has 1 aromatic heterocycles. The van der Waals surface area contributed by atoms with Crippen molar-refractivity contribution in [1.29, 1.82) is 0 Å². The predicted octanol–water partition coefficient (Wildman–Crippen LogP) is 5.04. The number of aromatic nitrogens is 2. The number of rotatable bonds is 6. The van der Waals surface area contributed by atoms with E-state index < -0.39 is 9.65 Å². The summed E-state index contributed by atoms with van der Waals surface area (Å²) in [5, 5.41) is 5.45. The van der Waals surface area contributed by atoms with Crippen molar-refractivity contribution < 1.29 is 18.2 Å². The number of nitrogens with zero attached hydrogens (tertiary/aromatic N) is 3. The summed E-state index contributed by atoms with van der Waals surface area (Å²) in [6.45, 7) is 2.10. The maximum Gasteiger partial charge on any atom is 0.253 e. The van der Waals surface area contributed by atoms with E-state index in [9.17, 15) is 13.5 Å². The molecule has 170 valence electrons. The second-order valence-corrected chi connectivity index (χ2v) is 15.5. The molecule has 6 nitrogen and oxygen atoms in total. The smallest absolute Gasteiger partial charge is 0.253 e. The van der Waals surface area contributed by atoms with Crippen LogP contribution in [-0.4, -0.2) is 47.1 Å². The molecular formula is C22H26FN3O3P2S. The Balaban J connectivity index is 1.39. The van der Waals surface area contributed by atoms with Crippen LogP contribution in [0, 0.1) is 5.92 Å². The summed E-state index contributed by atoms with van der Waals surface area (Å²) >= 11 is 0. The third-order valence-electron chi connectivity index (χ3n) is 5.86. The molecule has 2 atom stereocenters. The molecule has 1 fully saturated rings. The number of halogens is 1. The quantitative estimate of drug-likeness (QED) is 0.357. The third kappa shape index (κ3) is 4.83. The lowest BCUT2D eigenvalue weighted by atomic mass is 9.96. The fraction of sp³-hybridized carbons (Fsp3) is 0.318. The Labute approximate surface area is 192 Å². The number of carbonyl (C=O) groups excluding carboxylic acids is 2. The lowest BCUT2D eigenvalue weighted by molar-refractivity contribution is 0.0681. The van der Waals surface area contributed by atoms with E-state index in [1.54, 1.807) is 37.4 Å². The zero-order valence-corrected chi connectivity index (χ0v) is 20.9. The van der Waals surface area contributed by atoms with Gasteiger partial charge in [-0.2, -0.15) is 8.98 Å². The monoisotopic (exact) mass is 493 g/mol. The van der Waals surface area contributed by atoms with E-state index in [1.807, 2.05) is 21.8 Å². The lowest BCUT2D eigenvalue weighted by Crippen LogP contribution is -2.39. The maximum absolute atomic E-state index is 14.1. The van der Waals surface area contributed by atoms with Crippen molar-refractivity contribution in [3.63, 3.8) is 0 Å². The number of hydrogen-bond donors (Lipinski definition) is 0. The lowest BCUT2D eigenvalue weighted by Gasteiger charge is -2.32. The van der Waals surface area contributed by atoms with E-state index in [0.29, 0.717) is 40.8 Å². The molecule has 3 aromatic rings. The van der Waals surface area contributed by atoms with Crippen LogP contribution < -0.4 is 4.74 Å². The van der Waals surface area contributed by atoms with Gasteiger partial charge in [-0.3, -0.25) is 14.3 Å². The summed E-state index contributed by atoms with van der Waals surface area (Å²) in [6, 6.07) is 10.3. The minimum atomic E-state index is -2.45. The predicted molar refractivity (Wildman–Crippen MR) is 133 cm³/mol. The zero-order chi connectivity index (χ0) is 22.9. The average Bonchev–Trinajstić information content (AvgIpc) is 3.20. The molecule has 0 saturated carbocycles. The third-order valence-corrected chi connectivity index (χ3v) is 8.49. The molecule has 4 rings (SSSR count). The van der Waals surface area contributed by atoms with Crippen molar-refractivity contribution in [3.05, 3.63) is 53.7 Å². The fourth-order valence-corrected chi connectivity index (χ4v) is 5.62. The van der Waals surface area contributed by atoms with Crippen LogP contribution in [0.15, 0.2) is 47.5 Å². The summed E-state index contributed by atoms with van der Waals surface area (Å²) in [4.78, 5) is 26.5. The molecule has 1 saturated heterocycles. The van der Waals surface area contributed by atoms with Crippen LogP contribution >= 0.6 is 26.5 Å². The first-order valence-electron chi connectivity index (χ1n) is 10.3. The minimum absolute atomic E-state index is 0.0158. The summed E-state index contributed by atoms with van der Waals surface area (Å²) < 4.78 is 21.4. The number of aldehydes is 1. The molecule has 2 aromatic carbocycles. The number of ether oxygens (including phenoxy) is 1. The van der Waals surface area contributed by atoms with Gasteiger partial charge in [-0.15, -0.1) is 0 Å². The van der Waals surface area contributed by atoms with Crippen molar-refractivity contribution in [2.75, 3.05) is 20.2 Å². The van der Waals surface area contributed by atoms with Gasteiger partial charge in [0.1, 0.15) is 5.75 Å². The minimum Gasteiger partial charge on any atom is -0.495 e. The summed E-state index contributed by atoms with van der Waals surface area (Å²) in [5.74, 6) is 0.931. The highest BCUT2D eigenvalue weighted by molar-refractivity contribution is 8.90. The number of hydrogen-bond acceptors (Lipinski definition) is 4. The van der Waals surface area contributed by atoms with Crippen LogP contribution in [0.25, 0.3) is 10.9 Å². The molecule has 10 heteroatoms. The zero-order valence-electron chi connectivity index (χ0n) is 17.7. The second kappa shape index (κ2) is 9.46. The summed E-state index contributed by atoms with van der Waals surface area (Å²) in [5.41, 5.74) is 1.88. The summed E-state index contributed by atoms with van der Waals surface area (Å²) in [6.07, 6.45) is 4.47. The number of benzene rings is 2. The van der Waals surface area contributed by atoms with Crippen LogP contribution in [0.2, 0.25) is 0 Å². The molecule has 2 unspecified atom stereocenters. The first-order valence-corrected chi connectivity index (χ1v) is 14.8. The molecule has 2 heterocycles. The molecule has 32 heavy (non-hydrogen) atoms. The molecule has 0 spiro atoms. The molecule has 1 aliphatic heterocycles. The molecule has 1 amide bonds. The first-order chi connectivity index (χ1) is 15.3. The van der Waals surface area contributed by atoms with Gasteiger partial charge in [-0.05, 0) is 64.8 Å². The van der Waals surface area contributed by atoms with Gasteiger partial charge in [-0.25, -0.2) is 0 Å².